The van der Waals surface area contributed by atoms with E-state index in [9.17, 15) is 9.59 Å². The normalized spacial score (nSPS) is 15.6. The fourth-order valence-electron chi connectivity index (χ4n) is 2.85. The fraction of sp³-hybridized carbons (Fsp3) is 0.824. The third kappa shape index (κ3) is 8.81. The lowest BCUT2D eigenvalue weighted by Gasteiger charge is -2.32. The van der Waals surface area contributed by atoms with Gasteiger partial charge in [-0.05, 0) is 51.3 Å². The van der Waals surface area contributed by atoms with Crippen LogP contribution in [0.15, 0.2) is 4.99 Å². The van der Waals surface area contributed by atoms with Gasteiger partial charge in [-0.3, -0.25) is 9.59 Å². The van der Waals surface area contributed by atoms with Crippen LogP contribution in [0.4, 0.5) is 0 Å². The highest BCUT2D eigenvalue weighted by Crippen LogP contribution is 2.20. The van der Waals surface area contributed by atoms with E-state index < -0.39 is 0 Å². The molecule has 0 aliphatic carbocycles. The molecule has 1 amide bonds. The summed E-state index contributed by atoms with van der Waals surface area (Å²) in [5, 5.41) is 3.24. The minimum Gasteiger partial charge on any atom is -0.375 e. The zero-order valence-electron chi connectivity index (χ0n) is 14.4. The molecular formula is C17H31N3O3. The van der Waals surface area contributed by atoms with Gasteiger partial charge in [0.1, 0.15) is 12.4 Å². The predicted octanol–water partition coefficient (Wildman–Crippen LogP) is 1.29. The lowest BCUT2D eigenvalue weighted by Crippen LogP contribution is -2.40. The average molecular weight is 325 g/mol. The predicted molar refractivity (Wildman–Crippen MR) is 91.9 cm³/mol. The Balaban J connectivity index is 2.01. The summed E-state index contributed by atoms with van der Waals surface area (Å²) < 4.78 is 4.89. The molecule has 0 aromatic rings. The second kappa shape index (κ2) is 12.2. The molecular weight excluding hydrogens is 294 g/mol. The molecule has 1 rings (SSSR count). The topological polar surface area (TPSA) is 71.0 Å². The van der Waals surface area contributed by atoms with Gasteiger partial charge in [-0.2, -0.15) is 0 Å². The van der Waals surface area contributed by atoms with Crippen molar-refractivity contribution in [3.8, 4) is 0 Å². The molecule has 0 unspecified atom stereocenters. The summed E-state index contributed by atoms with van der Waals surface area (Å²) in [4.78, 5) is 29.0. The van der Waals surface area contributed by atoms with Gasteiger partial charge in [0.15, 0.2) is 0 Å². The molecule has 0 atom stereocenters. The highest BCUT2D eigenvalue weighted by atomic mass is 16.5. The third-order valence-electron chi connectivity index (χ3n) is 4.31. The number of hydrogen-bond donors (Lipinski definition) is 1. The van der Waals surface area contributed by atoms with Crippen LogP contribution in [0, 0.1) is 5.92 Å². The van der Waals surface area contributed by atoms with Crippen LogP contribution < -0.4 is 5.32 Å². The van der Waals surface area contributed by atoms with Crippen LogP contribution in [0.1, 0.15) is 38.5 Å². The van der Waals surface area contributed by atoms with Crippen molar-refractivity contribution in [1.29, 1.82) is 0 Å². The first-order valence-corrected chi connectivity index (χ1v) is 8.59. The second-order valence-corrected chi connectivity index (χ2v) is 6.17. The number of hydrogen-bond acceptors (Lipinski definition) is 5. The SMILES string of the molecule is C=NCCCCC(=O)CNCCC1CCN(C(=O)COC)CC1. The van der Waals surface area contributed by atoms with E-state index in [0.717, 1.165) is 58.3 Å². The number of carbonyl (C=O) groups is 2. The quantitative estimate of drug-likeness (QED) is 0.433. The summed E-state index contributed by atoms with van der Waals surface area (Å²) in [5.74, 6) is 0.998. The maximum absolute atomic E-state index is 11.7. The van der Waals surface area contributed by atoms with Crippen LogP contribution in [0.25, 0.3) is 0 Å². The maximum atomic E-state index is 11.7. The molecule has 1 fully saturated rings. The molecule has 0 aromatic heterocycles. The summed E-state index contributed by atoms with van der Waals surface area (Å²) in [5.41, 5.74) is 0. The smallest absolute Gasteiger partial charge is 0.248 e. The fourth-order valence-corrected chi connectivity index (χ4v) is 2.85. The highest BCUT2D eigenvalue weighted by molar-refractivity contribution is 5.80. The lowest BCUT2D eigenvalue weighted by atomic mass is 9.93. The number of carbonyl (C=O) groups excluding carboxylic acids is 2. The number of nitrogens with one attached hydrogen (secondary N) is 1. The van der Waals surface area contributed by atoms with Gasteiger partial charge in [0.05, 0.1) is 6.54 Å². The van der Waals surface area contributed by atoms with E-state index in [1.165, 1.54) is 0 Å². The highest BCUT2D eigenvalue weighted by Gasteiger charge is 2.22. The molecule has 1 saturated heterocycles. The van der Waals surface area contributed by atoms with Gasteiger partial charge in [0, 0.05) is 33.2 Å². The van der Waals surface area contributed by atoms with Gasteiger partial charge in [0.25, 0.3) is 0 Å². The Morgan fingerprint density at radius 1 is 1.30 bits per heavy atom. The zero-order chi connectivity index (χ0) is 16.9. The summed E-state index contributed by atoms with van der Waals surface area (Å²) in [6, 6.07) is 0. The Bertz CT molecular complexity index is 366. The molecule has 0 bridgehead atoms. The number of rotatable bonds is 12. The van der Waals surface area contributed by atoms with Gasteiger partial charge in [0.2, 0.25) is 5.91 Å². The largest absolute Gasteiger partial charge is 0.375 e. The monoisotopic (exact) mass is 325 g/mol. The first-order valence-electron chi connectivity index (χ1n) is 8.59. The molecule has 0 radical (unpaired) electrons. The van der Waals surface area contributed by atoms with Crippen molar-refractivity contribution in [2.75, 3.05) is 46.4 Å². The summed E-state index contributed by atoms with van der Waals surface area (Å²) in [6.07, 6.45) is 5.62. The molecule has 0 aromatic carbocycles. The summed E-state index contributed by atoms with van der Waals surface area (Å²) in [7, 11) is 1.55. The number of amides is 1. The average Bonchev–Trinajstić information content (AvgIpc) is 2.56. The van der Waals surface area contributed by atoms with E-state index >= 15 is 0 Å². The summed E-state index contributed by atoms with van der Waals surface area (Å²) >= 11 is 0. The van der Waals surface area contributed by atoms with Crippen molar-refractivity contribution >= 4 is 18.4 Å². The summed E-state index contributed by atoms with van der Waals surface area (Å²) in [6.45, 7) is 7.33. The number of aliphatic imine (C=N–C) groups is 1. The second-order valence-electron chi connectivity index (χ2n) is 6.17. The maximum Gasteiger partial charge on any atom is 0.248 e. The van der Waals surface area contributed by atoms with Gasteiger partial charge in [-0.15, -0.1) is 0 Å². The molecule has 1 N–H and O–H groups in total. The molecule has 23 heavy (non-hydrogen) atoms. The molecule has 0 spiro atoms. The molecule has 1 aliphatic rings. The van der Waals surface area contributed by atoms with Crippen molar-refractivity contribution in [3.05, 3.63) is 0 Å². The number of likely N-dealkylation sites (tertiary alicyclic amines) is 1. The van der Waals surface area contributed by atoms with Crippen molar-refractivity contribution in [1.82, 2.24) is 10.2 Å². The Labute approximate surface area is 139 Å². The Kier molecular flexibility index (Phi) is 10.5. The van der Waals surface area contributed by atoms with Crippen LogP contribution >= 0.6 is 0 Å². The standard InChI is InChI=1S/C17H31N3O3/c1-18-9-4-3-5-16(21)13-19-10-6-15-7-11-20(12-8-15)17(22)14-23-2/h15,19H,1,3-14H2,2H3. The minimum atomic E-state index is 0.0846. The van der Waals surface area contributed by atoms with Gasteiger partial charge < -0.3 is 19.9 Å². The van der Waals surface area contributed by atoms with E-state index in [1.54, 1.807) is 7.11 Å². The van der Waals surface area contributed by atoms with E-state index in [2.05, 4.69) is 17.0 Å². The van der Waals surface area contributed by atoms with Crippen LogP contribution in [0.3, 0.4) is 0 Å². The van der Waals surface area contributed by atoms with Gasteiger partial charge in [-0.1, -0.05) is 0 Å². The molecule has 6 nitrogen and oxygen atoms in total. The van der Waals surface area contributed by atoms with E-state index in [0.29, 0.717) is 18.9 Å². The Morgan fingerprint density at radius 2 is 2.04 bits per heavy atom. The Morgan fingerprint density at radius 3 is 2.70 bits per heavy atom. The van der Waals surface area contributed by atoms with Gasteiger partial charge >= 0.3 is 0 Å². The first-order chi connectivity index (χ1) is 11.2. The Hall–Kier alpha value is -1.27. The lowest BCUT2D eigenvalue weighted by molar-refractivity contribution is -0.136. The van der Waals surface area contributed by atoms with E-state index in [4.69, 9.17) is 4.74 Å². The van der Waals surface area contributed by atoms with Crippen molar-refractivity contribution in [3.63, 3.8) is 0 Å². The third-order valence-corrected chi connectivity index (χ3v) is 4.31. The molecule has 0 saturated carbocycles. The van der Waals surface area contributed by atoms with E-state index in [-0.39, 0.29) is 18.3 Å². The van der Waals surface area contributed by atoms with Crippen molar-refractivity contribution in [2.45, 2.75) is 38.5 Å². The number of unbranched alkanes of at least 4 members (excludes halogenated alkanes) is 1. The number of Topliss-reactive ketones (excluding diaryl/α,β-unsaturated/α-hetero) is 1. The molecule has 1 heterocycles. The number of ketones is 1. The van der Waals surface area contributed by atoms with Crippen molar-refractivity contribution in [2.24, 2.45) is 10.9 Å². The van der Waals surface area contributed by atoms with Gasteiger partial charge in [-0.25, -0.2) is 0 Å². The molecule has 6 heteroatoms. The number of piperidine rings is 1. The van der Waals surface area contributed by atoms with E-state index in [1.807, 2.05) is 4.90 Å². The molecule has 1 aliphatic heterocycles. The number of nitrogens with zero attached hydrogens (tertiary/aromatic N) is 2. The van der Waals surface area contributed by atoms with Crippen LogP contribution in [0.5, 0.6) is 0 Å². The first kappa shape index (κ1) is 19.8. The number of ether oxygens (including phenoxy) is 1. The molecule has 132 valence electrons. The van der Waals surface area contributed by atoms with Crippen LogP contribution in [-0.2, 0) is 14.3 Å². The number of methoxy groups -OCH3 is 1. The van der Waals surface area contributed by atoms with Crippen LogP contribution in [-0.4, -0.2) is 69.7 Å². The zero-order valence-corrected chi connectivity index (χ0v) is 14.4. The van der Waals surface area contributed by atoms with Crippen LogP contribution in [0.2, 0.25) is 0 Å². The minimum absolute atomic E-state index is 0.0846. The van der Waals surface area contributed by atoms with Crippen molar-refractivity contribution < 1.29 is 14.3 Å².